The van der Waals surface area contributed by atoms with E-state index in [9.17, 15) is 20.1 Å². The van der Waals surface area contributed by atoms with Gasteiger partial charge >= 0.3 is 0 Å². The summed E-state index contributed by atoms with van der Waals surface area (Å²) in [5, 5.41) is 22.3. The number of hydrogen-bond acceptors (Lipinski definition) is 6. The lowest BCUT2D eigenvalue weighted by Gasteiger charge is -2.42. The predicted molar refractivity (Wildman–Crippen MR) is 158 cm³/mol. The number of aryl methyl sites for hydroxylation is 1. The number of carbonyl (C=O) groups is 2. The molecule has 214 valence electrons. The molecule has 1 aliphatic rings. The first-order chi connectivity index (χ1) is 19.7. The summed E-state index contributed by atoms with van der Waals surface area (Å²) >= 11 is 0. The first kappa shape index (κ1) is 29.8. The molecular weight excluding hydrogens is 514 g/mol. The Balaban J connectivity index is 1.37. The van der Waals surface area contributed by atoms with Gasteiger partial charge in [-0.15, -0.1) is 0 Å². The molecule has 0 radical (unpaired) electrons. The van der Waals surface area contributed by atoms with Crippen LogP contribution in [0.3, 0.4) is 0 Å². The highest BCUT2D eigenvalue weighted by Gasteiger charge is 2.28. The van der Waals surface area contributed by atoms with Gasteiger partial charge in [-0.25, -0.2) is 0 Å². The third-order valence-electron chi connectivity index (χ3n) is 8.22. The van der Waals surface area contributed by atoms with Crippen LogP contribution in [0.25, 0.3) is 0 Å². The molecule has 3 aromatic rings. The Morgan fingerprint density at radius 3 is 2.51 bits per heavy atom. The Hall–Kier alpha value is -4.22. The maximum absolute atomic E-state index is 12.8. The topological polar surface area (TPSA) is 101 Å². The monoisotopic (exact) mass is 554 g/mol. The molecular formula is C33H40N5O3+. The summed E-state index contributed by atoms with van der Waals surface area (Å²) < 4.78 is 0.982. The van der Waals surface area contributed by atoms with Crippen molar-refractivity contribution in [3.05, 3.63) is 94.3 Å². The summed E-state index contributed by atoms with van der Waals surface area (Å²) in [7, 11) is 0. The molecule has 0 saturated carbocycles. The summed E-state index contributed by atoms with van der Waals surface area (Å²) in [5.74, 6) is -0.115. The summed E-state index contributed by atoms with van der Waals surface area (Å²) in [6.45, 7) is 10.5. The van der Waals surface area contributed by atoms with Crippen molar-refractivity contribution in [2.75, 3.05) is 24.5 Å². The fraction of sp³-hybridized carbons (Fsp3) is 0.394. The van der Waals surface area contributed by atoms with Crippen molar-refractivity contribution in [3.63, 3.8) is 0 Å². The Kier molecular flexibility index (Phi) is 9.74. The Bertz CT molecular complexity index is 1420. The second-order valence-electron chi connectivity index (χ2n) is 11.0. The van der Waals surface area contributed by atoms with E-state index in [0.29, 0.717) is 47.6 Å². The number of nitriles is 1. The number of benzene rings is 2. The molecule has 1 aromatic heterocycles. The van der Waals surface area contributed by atoms with Crippen LogP contribution in [0.15, 0.2) is 60.8 Å². The molecule has 1 unspecified atom stereocenters. The normalized spacial score (nSPS) is 14.7. The summed E-state index contributed by atoms with van der Waals surface area (Å²) in [6, 6.07) is 20.2. The molecule has 8 heteroatoms. The zero-order valence-electron chi connectivity index (χ0n) is 24.4. The molecule has 2 aromatic carbocycles. The molecule has 4 rings (SSSR count). The van der Waals surface area contributed by atoms with Crippen molar-refractivity contribution in [2.45, 2.75) is 65.6 Å². The molecule has 0 bridgehead atoms. The number of rotatable bonds is 10. The number of carbonyl (C=O) groups excluding carboxylic acids is 2. The van der Waals surface area contributed by atoms with E-state index in [1.165, 1.54) is 0 Å². The minimum atomic E-state index is -0.166. The number of Topliss-reactive ketones (excluding diaryl/α,β-unsaturated/α-hetero) is 1. The summed E-state index contributed by atoms with van der Waals surface area (Å²) in [6.07, 6.45) is 4.35. The standard InChI is InChI=1S/C33H39N5O3/c1-23-13-19-38(41)25(3)32(23)33(40)35-16-12-24(2)36-17-14-31(15-18-36)37(22-28-7-5-6-27(20-28)21-34)30-10-8-29(9-11-30)26(4)39/h5-11,13,19-20,24,31H,12,14-18,22H2,1-4H3,(H-,35,40,41)/p+1. The summed E-state index contributed by atoms with van der Waals surface area (Å²) in [5.41, 5.74) is 5.38. The van der Waals surface area contributed by atoms with E-state index in [1.807, 2.05) is 49.4 Å². The maximum Gasteiger partial charge on any atom is 0.258 e. The molecule has 41 heavy (non-hydrogen) atoms. The number of nitrogens with one attached hydrogen (secondary N) is 1. The van der Waals surface area contributed by atoms with Crippen molar-refractivity contribution in [3.8, 4) is 6.07 Å². The second kappa shape index (κ2) is 13.4. The molecule has 1 amide bonds. The van der Waals surface area contributed by atoms with E-state index in [0.717, 1.165) is 53.9 Å². The third kappa shape index (κ3) is 7.30. The van der Waals surface area contributed by atoms with Gasteiger partial charge in [0.05, 0.1) is 11.6 Å². The van der Waals surface area contributed by atoms with Gasteiger partial charge in [-0.1, -0.05) is 12.1 Å². The van der Waals surface area contributed by atoms with E-state index < -0.39 is 0 Å². The number of anilines is 1. The molecule has 1 aliphatic heterocycles. The Labute approximate surface area is 242 Å². The van der Waals surface area contributed by atoms with E-state index >= 15 is 0 Å². The van der Waals surface area contributed by atoms with Crippen molar-refractivity contribution >= 4 is 17.4 Å². The number of piperidine rings is 1. The minimum Gasteiger partial charge on any atom is -0.364 e. The average molecular weight is 555 g/mol. The van der Waals surface area contributed by atoms with Crippen molar-refractivity contribution in [1.82, 2.24) is 10.2 Å². The minimum absolute atomic E-state index is 0.0504. The Morgan fingerprint density at radius 1 is 1.15 bits per heavy atom. The van der Waals surface area contributed by atoms with E-state index in [4.69, 9.17) is 0 Å². The lowest BCUT2D eigenvalue weighted by Crippen LogP contribution is -2.48. The second-order valence-corrected chi connectivity index (χ2v) is 11.0. The van der Waals surface area contributed by atoms with Gasteiger partial charge in [0.25, 0.3) is 5.91 Å². The van der Waals surface area contributed by atoms with E-state index in [1.54, 1.807) is 26.1 Å². The van der Waals surface area contributed by atoms with Crippen LogP contribution in [0.2, 0.25) is 0 Å². The van der Waals surface area contributed by atoms with Crippen LogP contribution in [0.4, 0.5) is 5.69 Å². The average Bonchev–Trinajstić information content (AvgIpc) is 2.98. The van der Waals surface area contributed by atoms with Crippen LogP contribution in [0.5, 0.6) is 0 Å². The largest absolute Gasteiger partial charge is 0.364 e. The SMILES string of the molecule is CC(=O)c1ccc(N(Cc2cccc(C#N)c2)C2CCN(C(C)CCNC(=O)c3c(C)cc[n+](O)c3C)CC2)cc1. The number of pyridine rings is 1. The van der Waals surface area contributed by atoms with Gasteiger partial charge in [-0.3, -0.25) is 14.8 Å². The van der Waals surface area contributed by atoms with E-state index in [-0.39, 0.29) is 11.7 Å². The van der Waals surface area contributed by atoms with Crippen LogP contribution in [0.1, 0.15) is 76.2 Å². The van der Waals surface area contributed by atoms with Gasteiger partial charge in [-0.2, -0.15) is 5.26 Å². The van der Waals surface area contributed by atoms with Crippen LogP contribution in [-0.4, -0.2) is 53.5 Å². The molecule has 8 nitrogen and oxygen atoms in total. The maximum atomic E-state index is 12.8. The van der Waals surface area contributed by atoms with Crippen LogP contribution >= 0.6 is 0 Å². The van der Waals surface area contributed by atoms with Gasteiger partial charge in [0.15, 0.2) is 5.78 Å². The summed E-state index contributed by atoms with van der Waals surface area (Å²) in [4.78, 5) is 29.5. The number of hydrogen-bond donors (Lipinski definition) is 2. The molecule has 0 spiro atoms. The zero-order chi connectivity index (χ0) is 29.5. The third-order valence-corrected chi connectivity index (χ3v) is 8.22. The van der Waals surface area contributed by atoms with E-state index in [2.05, 4.69) is 34.2 Å². The van der Waals surface area contributed by atoms with Gasteiger partial charge in [-0.05, 0) is 87.6 Å². The van der Waals surface area contributed by atoms with Gasteiger partial charge in [0.1, 0.15) is 5.56 Å². The fourth-order valence-corrected chi connectivity index (χ4v) is 5.68. The molecule has 2 heterocycles. The highest BCUT2D eigenvalue weighted by atomic mass is 16.5. The van der Waals surface area contributed by atoms with Crippen molar-refractivity contribution < 1.29 is 19.5 Å². The quantitative estimate of drug-likeness (QED) is 0.216. The highest BCUT2D eigenvalue weighted by molar-refractivity contribution is 5.96. The lowest BCUT2D eigenvalue weighted by atomic mass is 9.98. The number of aromatic nitrogens is 1. The van der Waals surface area contributed by atoms with Crippen LogP contribution in [-0.2, 0) is 6.54 Å². The molecule has 0 aliphatic carbocycles. The Morgan fingerprint density at radius 2 is 1.85 bits per heavy atom. The number of amides is 1. The fourth-order valence-electron chi connectivity index (χ4n) is 5.68. The zero-order valence-corrected chi connectivity index (χ0v) is 24.4. The molecule has 1 saturated heterocycles. The van der Waals surface area contributed by atoms with Crippen LogP contribution in [0, 0.1) is 25.2 Å². The number of likely N-dealkylation sites (tertiary alicyclic amines) is 1. The van der Waals surface area contributed by atoms with Gasteiger partial charge in [0.2, 0.25) is 11.9 Å². The van der Waals surface area contributed by atoms with Gasteiger partial charge in [0, 0.05) is 67.2 Å². The highest BCUT2D eigenvalue weighted by Crippen LogP contribution is 2.28. The molecule has 2 N–H and O–H groups in total. The van der Waals surface area contributed by atoms with Crippen molar-refractivity contribution in [1.29, 1.82) is 5.26 Å². The lowest BCUT2D eigenvalue weighted by molar-refractivity contribution is -0.908. The first-order valence-corrected chi connectivity index (χ1v) is 14.3. The number of ketones is 1. The predicted octanol–water partition coefficient (Wildman–Crippen LogP) is 4.58. The number of nitrogens with zero attached hydrogens (tertiary/aromatic N) is 4. The first-order valence-electron chi connectivity index (χ1n) is 14.3. The molecule has 1 atom stereocenters. The smallest absolute Gasteiger partial charge is 0.258 e. The van der Waals surface area contributed by atoms with Gasteiger partial charge < -0.3 is 15.1 Å². The van der Waals surface area contributed by atoms with Crippen molar-refractivity contribution in [2.24, 2.45) is 0 Å². The van der Waals surface area contributed by atoms with Crippen LogP contribution < -0.4 is 14.9 Å². The molecule has 1 fully saturated rings.